The number of nitrogens with one attached hydrogen (secondary N) is 1. The van der Waals surface area contributed by atoms with Crippen molar-refractivity contribution in [1.29, 1.82) is 0 Å². The van der Waals surface area contributed by atoms with Crippen molar-refractivity contribution >= 4 is 23.7 Å². The number of aromatic nitrogens is 1. The number of anilines is 2. The van der Waals surface area contributed by atoms with Crippen molar-refractivity contribution in [1.82, 2.24) is 14.8 Å². The summed E-state index contributed by atoms with van der Waals surface area (Å²) in [5, 5.41) is 2.92. The van der Waals surface area contributed by atoms with Gasteiger partial charge in [0, 0.05) is 26.2 Å². The van der Waals surface area contributed by atoms with Crippen LogP contribution in [-0.4, -0.2) is 53.3 Å². The third kappa shape index (κ3) is 3.51. The van der Waals surface area contributed by atoms with Crippen LogP contribution in [0.1, 0.15) is 10.5 Å². The number of hydrogen-bond acceptors (Lipinski definition) is 4. The van der Waals surface area contributed by atoms with E-state index in [0.717, 1.165) is 6.41 Å². The molecule has 2 heterocycles. The maximum atomic E-state index is 13.6. The summed E-state index contributed by atoms with van der Waals surface area (Å²) in [5.41, 5.74) is 1.28. The molecule has 0 bridgehead atoms. The Hall–Kier alpha value is -2.96. The summed E-state index contributed by atoms with van der Waals surface area (Å²) in [6.45, 7) is 2.05. The lowest BCUT2D eigenvalue weighted by Gasteiger charge is -2.32. The van der Waals surface area contributed by atoms with Crippen LogP contribution < -0.4 is 5.32 Å². The predicted octanol–water partition coefficient (Wildman–Crippen LogP) is 1.88. The van der Waals surface area contributed by atoms with Crippen LogP contribution in [0.2, 0.25) is 0 Å². The highest BCUT2D eigenvalue weighted by atomic mass is 19.1. The highest BCUT2D eigenvalue weighted by Gasteiger charge is 2.22. The zero-order valence-corrected chi connectivity index (χ0v) is 13.0. The predicted molar refractivity (Wildman–Crippen MR) is 87.5 cm³/mol. The second kappa shape index (κ2) is 7.08. The molecule has 2 amide bonds. The third-order valence-electron chi connectivity index (χ3n) is 3.89. The highest BCUT2D eigenvalue weighted by Crippen LogP contribution is 2.19. The molecule has 0 unspecified atom stereocenters. The summed E-state index contributed by atoms with van der Waals surface area (Å²) < 4.78 is 13.6. The minimum absolute atomic E-state index is 0.169. The molecule has 1 N–H and O–H groups in total. The number of piperazine rings is 1. The molecule has 0 saturated carbocycles. The Morgan fingerprint density at radius 3 is 2.50 bits per heavy atom. The van der Waals surface area contributed by atoms with Crippen LogP contribution >= 0.6 is 0 Å². The van der Waals surface area contributed by atoms with Gasteiger partial charge in [0.2, 0.25) is 6.41 Å². The van der Waals surface area contributed by atoms with Gasteiger partial charge in [0.05, 0.1) is 17.6 Å². The fourth-order valence-corrected chi connectivity index (χ4v) is 2.50. The van der Waals surface area contributed by atoms with E-state index in [1.165, 1.54) is 12.3 Å². The SMILES string of the molecule is O=CN1CCN(C(=O)c2ccc(Nc3ccccc3F)cn2)CC1. The number of carbonyl (C=O) groups is 2. The van der Waals surface area contributed by atoms with Crippen molar-refractivity contribution in [2.24, 2.45) is 0 Å². The second-order valence-electron chi connectivity index (χ2n) is 5.47. The molecule has 2 aromatic rings. The fraction of sp³-hybridized carbons (Fsp3) is 0.235. The summed E-state index contributed by atoms with van der Waals surface area (Å²) >= 11 is 0. The van der Waals surface area contributed by atoms with Gasteiger partial charge < -0.3 is 15.1 Å². The first kappa shape index (κ1) is 15.9. The number of benzene rings is 1. The highest BCUT2D eigenvalue weighted by molar-refractivity contribution is 5.92. The fourth-order valence-electron chi connectivity index (χ4n) is 2.50. The van der Waals surface area contributed by atoms with E-state index >= 15 is 0 Å². The molecule has 3 rings (SSSR count). The maximum Gasteiger partial charge on any atom is 0.272 e. The van der Waals surface area contributed by atoms with Crippen molar-refractivity contribution < 1.29 is 14.0 Å². The normalized spacial score (nSPS) is 14.4. The van der Waals surface area contributed by atoms with Crippen LogP contribution in [0.3, 0.4) is 0 Å². The number of rotatable bonds is 4. The Labute approximate surface area is 138 Å². The van der Waals surface area contributed by atoms with Crippen LogP contribution in [0.5, 0.6) is 0 Å². The topological polar surface area (TPSA) is 65.5 Å². The molecule has 0 atom stereocenters. The van der Waals surface area contributed by atoms with E-state index in [9.17, 15) is 14.0 Å². The molecule has 0 spiro atoms. The minimum atomic E-state index is -0.356. The molecule has 6 nitrogen and oxygen atoms in total. The second-order valence-corrected chi connectivity index (χ2v) is 5.47. The van der Waals surface area contributed by atoms with Crippen LogP contribution in [0.25, 0.3) is 0 Å². The lowest BCUT2D eigenvalue weighted by Crippen LogP contribution is -2.48. The van der Waals surface area contributed by atoms with Gasteiger partial charge in [-0.1, -0.05) is 12.1 Å². The lowest BCUT2D eigenvalue weighted by molar-refractivity contribution is -0.119. The van der Waals surface area contributed by atoms with Crippen molar-refractivity contribution in [3.8, 4) is 0 Å². The molecular weight excluding hydrogens is 311 g/mol. The lowest BCUT2D eigenvalue weighted by atomic mass is 10.2. The van der Waals surface area contributed by atoms with Crippen LogP contribution in [0.4, 0.5) is 15.8 Å². The number of amides is 2. The largest absolute Gasteiger partial charge is 0.352 e. The van der Waals surface area contributed by atoms with Crippen LogP contribution in [0, 0.1) is 5.82 Å². The van der Waals surface area contributed by atoms with E-state index in [1.807, 2.05) is 0 Å². The van der Waals surface area contributed by atoms with Crippen molar-refractivity contribution in [3.63, 3.8) is 0 Å². The average Bonchev–Trinajstić information content (AvgIpc) is 2.64. The monoisotopic (exact) mass is 328 g/mol. The minimum Gasteiger partial charge on any atom is -0.352 e. The van der Waals surface area contributed by atoms with Gasteiger partial charge in [0.25, 0.3) is 5.91 Å². The van der Waals surface area contributed by atoms with E-state index in [0.29, 0.717) is 43.2 Å². The third-order valence-corrected chi connectivity index (χ3v) is 3.89. The number of para-hydroxylation sites is 1. The Kier molecular flexibility index (Phi) is 4.69. The van der Waals surface area contributed by atoms with Gasteiger partial charge in [-0.3, -0.25) is 9.59 Å². The number of pyridine rings is 1. The number of halogens is 1. The zero-order valence-electron chi connectivity index (χ0n) is 13.0. The molecule has 1 aliphatic heterocycles. The van der Waals surface area contributed by atoms with Gasteiger partial charge in [-0.05, 0) is 24.3 Å². The Balaban J connectivity index is 1.65. The van der Waals surface area contributed by atoms with E-state index in [4.69, 9.17) is 0 Å². The first-order valence-electron chi connectivity index (χ1n) is 7.63. The van der Waals surface area contributed by atoms with Gasteiger partial charge in [0.15, 0.2) is 0 Å². The van der Waals surface area contributed by atoms with E-state index < -0.39 is 0 Å². The number of carbonyl (C=O) groups excluding carboxylic acids is 2. The number of hydrogen-bond donors (Lipinski definition) is 1. The molecule has 1 aliphatic rings. The Morgan fingerprint density at radius 2 is 1.88 bits per heavy atom. The van der Waals surface area contributed by atoms with Crippen LogP contribution in [0.15, 0.2) is 42.6 Å². The molecular formula is C17H17FN4O2. The summed E-state index contributed by atoms with van der Waals surface area (Å²) in [6.07, 6.45) is 2.30. The van der Waals surface area contributed by atoms with Crippen LogP contribution in [-0.2, 0) is 4.79 Å². The molecule has 24 heavy (non-hydrogen) atoms. The van der Waals surface area contributed by atoms with Gasteiger partial charge in [-0.15, -0.1) is 0 Å². The van der Waals surface area contributed by atoms with Gasteiger partial charge >= 0.3 is 0 Å². The number of nitrogens with zero attached hydrogens (tertiary/aromatic N) is 3. The first-order chi connectivity index (χ1) is 11.7. The summed E-state index contributed by atoms with van der Waals surface area (Å²) in [4.78, 5) is 30.6. The standard InChI is InChI=1S/C17H17FN4O2/c18-14-3-1-2-4-15(14)20-13-5-6-16(19-11-13)17(24)22-9-7-21(12-23)8-10-22/h1-6,11-12,20H,7-10H2. The smallest absolute Gasteiger partial charge is 0.272 e. The summed E-state index contributed by atoms with van der Waals surface area (Å²) in [6, 6.07) is 9.64. The van der Waals surface area contributed by atoms with Gasteiger partial charge in [-0.25, -0.2) is 9.37 Å². The van der Waals surface area contributed by atoms with E-state index in [1.54, 1.807) is 40.1 Å². The Morgan fingerprint density at radius 1 is 1.12 bits per heavy atom. The van der Waals surface area contributed by atoms with Gasteiger partial charge in [0.1, 0.15) is 11.5 Å². The average molecular weight is 328 g/mol. The molecule has 0 radical (unpaired) electrons. The molecule has 1 fully saturated rings. The van der Waals surface area contributed by atoms with Crippen molar-refractivity contribution in [3.05, 3.63) is 54.1 Å². The Bertz CT molecular complexity index is 728. The molecule has 1 saturated heterocycles. The molecule has 124 valence electrons. The first-order valence-corrected chi connectivity index (χ1v) is 7.63. The molecule has 1 aromatic carbocycles. The summed E-state index contributed by atoms with van der Waals surface area (Å²) in [7, 11) is 0. The molecule has 1 aromatic heterocycles. The summed E-state index contributed by atoms with van der Waals surface area (Å²) in [5.74, 6) is -0.524. The molecule has 0 aliphatic carbocycles. The van der Waals surface area contributed by atoms with Crippen molar-refractivity contribution in [2.45, 2.75) is 0 Å². The van der Waals surface area contributed by atoms with Crippen molar-refractivity contribution in [2.75, 3.05) is 31.5 Å². The van der Waals surface area contributed by atoms with Gasteiger partial charge in [-0.2, -0.15) is 0 Å². The molecule has 7 heteroatoms. The van der Waals surface area contributed by atoms with E-state index in [2.05, 4.69) is 10.3 Å². The zero-order chi connectivity index (χ0) is 16.9. The quantitative estimate of drug-likeness (QED) is 0.871. The van der Waals surface area contributed by atoms with E-state index in [-0.39, 0.29) is 11.7 Å². The maximum absolute atomic E-state index is 13.6.